The van der Waals surface area contributed by atoms with Gasteiger partial charge in [0.2, 0.25) is 11.7 Å². The van der Waals surface area contributed by atoms with Crippen LogP contribution in [-0.4, -0.2) is 25.8 Å². The van der Waals surface area contributed by atoms with Crippen molar-refractivity contribution < 1.29 is 5.21 Å². The van der Waals surface area contributed by atoms with Crippen LogP contribution in [0.3, 0.4) is 0 Å². The third-order valence-corrected chi connectivity index (χ3v) is 2.54. The first kappa shape index (κ1) is 8.98. The molecule has 6 heteroatoms. The molecule has 0 bridgehead atoms. The molecule has 2 rings (SSSR count). The lowest BCUT2D eigenvalue weighted by Gasteiger charge is -2.06. The minimum absolute atomic E-state index is 0.0400. The zero-order valence-electron chi connectivity index (χ0n) is 7.80. The predicted octanol–water partition coefficient (Wildman–Crippen LogP) is 0.488. The average Bonchev–Trinajstić information content (AvgIpc) is 2.86. The first-order chi connectivity index (χ1) is 6.81. The van der Waals surface area contributed by atoms with Crippen molar-refractivity contribution in [1.29, 1.82) is 0 Å². The number of rotatable bonds is 2. The molecule has 0 aromatic carbocycles. The zero-order chi connectivity index (χ0) is 9.97. The van der Waals surface area contributed by atoms with Gasteiger partial charge in [0, 0.05) is 0 Å². The summed E-state index contributed by atoms with van der Waals surface area (Å²) in [6, 6.07) is 0.433. The Morgan fingerprint density at radius 2 is 2.29 bits per heavy atom. The third kappa shape index (κ3) is 1.55. The van der Waals surface area contributed by atoms with Crippen molar-refractivity contribution in [3.8, 4) is 0 Å². The van der Waals surface area contributed by atoms with Crippen molar-refractivity contribution >= 4 is 5.84 Å². The van der Waals surface area contributed by atoms with Crippen LogP contribution in [0.5, 0.6) is 0 Å². The van der Waals surface area contributed by atoms with Gasteiger partial charge < -0.3 is 10.9 Å². The van der Waals surface area contributed by atoms with Crippen molar-refractivity contribution in [3.05, 3.63) is 12.2 Å². The van der Waals surface area contributed by atoms with Gasteiger partial charge in [0.1, 0.15) is 6.33 Å². The Bertz CT molecular complexity index is 339. The first-order valence-corrected chi connectivity index (χ1v) is 4.70. The van der Waals surface area contributed by atoms with Gasteiger partial charge in [0.15, 0.2) is 0 Å². The Hall–Kier alpha value is -1.59. The van der Waals surface area contributed by atoms with Crippen LogP contribution >= 0.6 is 0 Å². The molecular formula is C8H13N5O. The molecular weight excluding hydrogens is 182 g/mol. The molecule has 1 aromatic rings. The van der Waals surface area contributed by atoms with Crippen LogP contribution < -0.4 is 5.73 Å². The van der Waals surface area contributed by atoms with E-state index in [2.05, 4.69) is 15.2 Å². The van der Waals surface area contributed by atoms with E-state index in [1.54, 1.807) is 11.0 Å². The molecule has 76 valence electrons. The highest BCUT2D eigenvalue weighted by Crippen LogP contribution is 2.28. The molecule has 1 aliphatic rings. The fourth-order valence-corrected chi connectivity index (χ4v) is 1.78. The summed E-state index contributed by atoms with van der Waals surface area (Å²) < 4.78 is 1.81. The molecule has 6 nitrogen and oxygen atoms in total. The lowest BCUT2D eigenvalue weighted by molar-refractivity contribution is 0.318. The molecule has 1 aromatic heterocycles. The van der Waals surface area contributed by atoms with Crippen LogP contribution in [0.1, 0.15) is 37.5 Å². The largest absolute Gasteiger partial charge is 0.409 e. The van der Waals surface area contributed by atoms with Gasteiger partial charge in [0.25, 0.3) is 0 Å². The van der Waals surface area contributed by atoms with Gasteiger partial charge in [-0.2, -0.15) is 0 Å². The summed E-state index contributed by atoms with van der Waals surface area (Å²) in [5.41, 5.74) is 5.37. The molecule has 1 saturated carbocycles. The van der Waals surface area contributed by atoms with Crippen molar-refractivity contribution in [2.24, 2.45) is 10.9 Å². The molecule has 0 saturated heterocycles. The molecule has 14 heavy (non-hydrogen) atoms. The van der Waals surface area contributed by atoms with Gasteiger partial charge in [-0.1, -0.05) is 18.0 Å². The first-order valence-electron chi connectivity index (χ1n) is 4.70. The Balaban J connectivity index is 2.16. The van der Waals surface area contributed by atoms with Gasteiger partial charge in [-0.05, 0) is 12.8 Å². The monoisotopic (exact) mass is 195 g/mol. The normalized spacial score (nSPS) is 19.0. The second kappa shape index (κ2) is 3.65. The minimum atomic E-state index is -0.0400. The van der Waals surface area contributed by atoms with E-state index >= 15 is 0 Å². The van der Waals surface area contributed by atoms with E-state index in [9.17, 15) is 0 Å². The number of oxime groups is 1. The van der Waals surface area contributed by atoms with Crippen LogP contribution in [0.15, 0.2) is 11.5 Å². The standard InChI is InChI=1S/C8H13N5O/c9-7(12-14)8-10-5-13(11-8)6-3-1-2-4-6/h5-6,14H,1-4H2,(H2,9,12). The maximum Gasteiger partial charge on any atom is 0.219 e. The number of aromatic nitrogens is 3. The van der Waals surface area contributed by atoms with Crippen LogP contribution in [-0.2, 0) is 0 Å². The van der Waals surface area contributed by atoms with Crippen molar-refractivity contribution in [1.82, 2.24) is 14.8 Å². The molecule has 3 N–H and O–H groups in total. The molecule has 0 unspecified atom stereocenters. The SMILES string of the molecule is N/C(=N\O)c1ncn(C2CCCC2)n1. The van der Waals surface area contributed by atoms with Crippen LogP contribution in [0.4, 0.5) is 0 Å². The van der Waals surface area contributed by atoms with E-state index in [0.29, 0.717) is 11.9 Å². The smallest absolute Gasteiger partial charge is 0.219 e. The van der Waals surface area contributed by atoms with Crippen molar-refractivity contribution in [3.63, 3.8) is 0 Å². The maximum atomic E-state index is 8.44. The molecule has 1 aliphatic carbocycles. The second-order valence-electron chi connectivity index (χ2n) is 3.47. The summed E-state index contributed by atoms with van der Waals surface area (Å²) in [7, 11) is 0. The molecule has 1 fully saturated rings. The molecule has 1 heterocycles. The van der Waals surface area contributed by atoms with E-state index in [-0.39, 0.29) is 5.84 Å². The Kier molecular flexibility index (Phi) is 2.34. The lowest BCUT2D eigenvalue weighted by atomic mass is 10.3. The minimum Gasteiger partial charge on any atom is -0.409 e. The highest BCUT2D eigenvalue weighted by Gasteiger charge is 2.18. The molecule has 0 atom stereocenters. The molecule has 0 radical (unpaired) electrons. The maximum absolute atomic E-state index is 8.44. The summed E-state index contributed by atoms with van der Waals surface area (Å²) in [5, 5.41) is 15.4. The third-order valence-electron chi connectivity index (χ3n) is 2.54. The number of nitrogens with two attached hydrogens (primary N) is 1. The fourth-order valence-electron chi connectivity index (χ4n) is 1.78. The average molecular weight is 195 g/mol. The van der Waals surface area contributed by atoms with Gasteiger partial charge in [-0.25, -0.2) is 9.67 Å². The fraction of sp³-hybridized carbons (Fsp3) is 0.625. The van der Waals surface area contributed by atoms with E-state index in [1.807, 2.05) is 0 Å². The Morgan fingerprint density at radius 1 is 1.57 bits per heavy atom. The summed E-state index contributed by atoms with van der Waals surface area (Å²) in [5.74, 6) is 0.251. The number of nitrogens with zero attached hydrogens (tertiary/aromatic N) is 4. The zero-order valence-corrected chi connectivity index (χ0v) is 7.80. The van der Waals surface area contributed by atoms with Crippen LogP contribution in [0.25, 0.3) is 0 Å². The number of hydrogen-bond donors (Lipinski definition) is 2. The topological polar surface area (TPSA) is 89.3 Å². The van der Waals surface area contributed by atoms with Gasteiger partial charge in [-0.15, -0.1) is 5.10 Å². The molecule has 0 aliphatic heterocycles. The van der Waals surface area contributed by atoms with Crippen LogP contribution in [0.2, 0.25) is 0 Å². The van der Waals surface area contributed by atoms with E-state index in [0.717, 1.165) is 12.8 Å². The van der Waals surface area contributed by atoms with E-state index in [4.69, 9.17) is 10.9 Å². The lowest BCUT2D eigenvalue weighted by Crippen LogP contribution is -2.16. The summed E-state index contributed by atoms with van der Waals surface area (Å²) in [6.07, 6.45) is 6.40. The van der Waals surface area contributed by atoms with E-state index < -0.39 is 0 Å². The van der Waals surface area contributed by atoms with Gasteiger partial charge in [0.05, 0.1) is 6.04 Å². The van der Waals surface area contributed by atoms with Crippen molar-refractivity contribution in [2.45, 2.75) is 31.7 Å². The quantitative estimate of drug-likeness (QED) is 0.311. The predicted molar refractivity (Wildman–Crippen MR) is 50.0 cm³/mol. The van der Waals surface area contributed by atoms with Crippen molar-refractivity contribution in [2.75, 3.05) is 0 Å². The summed E-state index contributed by atoms with van der Waals surface area (Å²) in [6.45, 7) is 0. The van der Waals surface area contributed by atoms with Gasteiger partial charge in [-0.3, -0.25) is 0 Å². The Labute approximate surface area is 81.4 Å². The summed E-state index contributed by atoms with van der Waals surface area (Å²) >= 11 is 0. The van der Waals surface area contributed by atoms with E-state index in [1.165, 1.54) is 12.8 Å². The summed E-state index contributed by atoms with van der Waals surface area (Å²) in [4.78, 5) is 3.97. The Morgan fingerprint density at radius 3 is 2.93 bits per heavy atom. The molecule has 0 amide bonds. The molecule has 0 spiro atoms. The number of hydrogen-bond acceptors (Lipinski definition) is 4. The second-order valence-corrected chi connectivity index (χ2v) is 3.47. The van der Waals surface area contributed by atoms with Crippen LogP contribution in [0, 0.1) is 0 Å². The highest BCUT2D eigenvalue weighted by atomic mass is 16.4. The highest BCUT2D eigenvalue weighted by molar-refractivity contribution is 5.93. The van der Waals surface area contributed by atoms with Gasteiger partial charge >= 0.3 is 0 Å². The number of amidine groups is 1.